The first-order chi connectivity index (χ1) is 12.2. The van der Waals surface area contributed by atoms with Gasteiger partial charge in [0.1, 0.15) is 5.76 Å². The molecule has 0 N–H and O–H groups in total. The van der Waals surface area contributed by atoms with Crippen LogP contribution in [-0.4, -0.2) is 18.3 Å². The predicted octanol–water partition coefficient (Wildman–Crippen LogP) is 6.74. The SMILES string of the molecule is CCc1cc(C)cc(C(F)(C(F)(F)F)C(F)(F)C(F)(F)F)c1-c1ccco1. The van der Waals surface area contributed by atoms with Crippen molar-refractivity contribution in [3.63, 3.8) is 0 Å². The molecule has 1 atom stereocenters. The maximum absolute atomic E-state index is 15.0. The van der Waals surface area contributed by atoms with Crippen molar-refractivity contribution >= 4 is 0 Å². The van der Waals surface area contributed by atoms with Gasteiger partial charge in [-0.15, -0.1) is 0 Å². The summed E-state index contributed by atoms with van der Waals surface area (Å²) in [6, 6.07) is 3.84. The Morgan fingerprint density at radius 2 is 1.48 bits per heavy atom. The smallest absolute Gasteiger partial charge is 0.457 e. The van der Waals surface area contributed by atoms with E-state index >= 15 is 4.39 Å². The molecule has 1 heterocycles. The zero-order valence-electron chi connectivity index (χ0n) is 13.9. The molecule has 0 radical (unpaired) electrons. The van der Waals surface area contributed by atoms with E-state index in [2.05, 4.69) is 0 Å². The largest absolute Gasteiger partial charge is 0.464 e. The van der Waals surface area contributed by atoms with Crippen LogP contribution in [0.15, 0.2) is 34.9 Å². The number of rotatable bonds is 4. The molecule has 0 amide bonds. The Bertz CT molecular complexity index is 803. The minimum absolute atomic E-state index is 0.0593. The number of hydrogen-bond donors (Lipinski definition) is 0. The lowest BCUT2D eigenvalue weighted by Gasteiger charge is -2.37. The third kappa shape index (κ3) is 3.19. The van der Waals surface area contributed by atoms with Crippen LogP contribution in [0.4, 0.5) is 39.5 Å². The standard InChI is InChI=1S/C17H13F9O/c1-3-10-7-9(2)8-11(13(10)12-5-4-6-27-12)14(18,16(21,22)23)15(19,20)17(24,25)26/h4-8H,3H2,1-2H3. The molecule has 1 nitrogen and oxygen atoms in total. The first kappa shape index (κ1) is 21.2. The summed E-state index contributed by atoms with van der Waals surface area (Å²) in [6.45, 7) is 2.59. The molecule has 27 heavy (non-hydrogen) atoms. The van der Waals surface area contributed by atoms with Crippen molar-refractivity contribution in [3.8, 4) is 11.3 Å². The van der Waals surface area contributed by atoms with Crippen molar-refractivity contribution in [2.45, 2.75) is 44.2 Å². The molecule has 0 saturated carbocycles. The van der Waals surface area contributed by atoms with E-state index in [1.807, 2.05) is 0 Å². The Morgan fingerprint density at radius 1 is 0.889 bits per heavy atom. The van der Waals surface area contributed by atoms with E-state index in [-0.39, 0.29) is 17.5 Å². The summed E-state index contributed by atoms with van der Waals surface area (Å²) < 4.78 is 126. The molecule has 2 rings (SSSR count). The monoisotopic (exact) mass is 404 g/mol. The first-order valence-electron chi connectivity index (χ1n) is 7.56. The fraction of sp³-hybridized carbons (Fsp3) is 0.412. The zero-order valence-corrected chi connectivity index (χ0v) is 13.9. The number of aryl methyl sites for hydroxylation is 2. The average molecular weight is 404 g/mol. The van der Waals surface area contributed by atoms with Crippen molar-refractivity contribution in [2.75, 3.05) is 0 Å². The van der Waals surface area contributed by atoms with Gasteiger partial charge in [-0.2, -0.15) is 35.1 Å². The van der Waals surface area contributed by atoms with Gasteiger partial charge in [0.2, 0.25) is 0 Å². The fourth-order valence-corrected chi connectivity index (χ4v) is 2.82. The van der Waals surface area contributed by atoms with Crippen LogP contribution < -0.4 is 0 Å². The first-order valence-corrected chi connectivity index (χ1v) is 7.56. The van der Waals surface area contributed by atoms with Crippen LogP contribution in [0.3, 0.4) is 0 Å². The van der Waals surface area contributed by atoms with Crippen molar-refractivity contribution in [1.82, 2.24) is 0 Å². The van der Waals surface area contributed by atoms with Crippen molar-refractivity contribution in [3.05, 3.63) is 47.2 Å². The third-order valence-corrected chi connectivity index (χ3v) is 4.06. The minimum atomic E-state index is -6.78. The Balaban J connectivity index is 3.00. The summed E-state index contributed by atoms with van der Waals surface area (Å²) in [5, 5.41) is 0. The average Bonchev–Trinajstić information content (AvgIpc) is 3.04. The van der Waals surface area contributed by atoms with Gasteiger partial charge in [-0.25, -0.2) is 4.39 Å². The molecular weight excluding hydrogens is 391 g/mol. The highest BCUT2D eigenvalue weighted by Gasteiger charge is 2.82. The Hall–Kier alpha value is -2.13. The van der Waals surface area contributed by atoms with Crippen molar-refractivity contribution in [2.24, 2.45) is 0 Å². The van der Waals surface area contributed by atoms with Gasteiger partial charge in [0, 0.05) is 11.1 Å². The van der Waals surface area contributed by atoms with Gasteiger partial charge >= 0.3 is 23.9 Å². The molecular formula is C17H13F9O. The van der Waals surface area contributed by atoms with Gasteiger partial charge in [0.25, 0.3) is 0 Å². The van der Waals surface area contributed by atoms with Crippen molar-refractivity contribution < 1.29 is 43.9 Å². The van der Waals surface area contributed by atoms with Crippen LogP contribution in [0.25, 0.3) is 11.3 Å². The van der Waals surface area contributed by atoms with E-state index in [1.165, 1.54) is 19.1 Å². The summed E-state index contributed by atoms with van der Waals surface area (Å²) in [4.78, 5) is 0. The molecule has 0 aliphatic heterocycles. The predicted molar refractivity (Wildman–Crippen MR) is 78.1 cm³/mol. The van der Waals surface area contributed by atoms with E-state index in [9.17, 15) is 35.1 Å². The van der Waals surface area contributed by atoms with Crippen LogP contribution in [0.2, 0.25) is 0 Å². The van der Waals surface area contributed by atoms with Gasteiger partial charge < -0.3 is 4.42 Å². The van der Waals surface area contributed by atoms with Gasteiger partial charge in [-0.1, -0.05) is 24.6 Å². The fourth-order valence-electron chi connectivity index (χ4n) is 2.82. The molecule has 1 aromatic heterocycles. The normalized spacial score (nSPS) is 15.7. The Morgan fingerprint density at radius 3 is 1.89 bits per heavy atom. The molecule has 150 valence electrons. The molecule has 1 unspecified atom stereocenters. The summed E-state index contributed by atoms with van der Waals surface area (Å²) in [7, 11) is 0. The number of furan rings is 1. The highest BCUT2D eigenvalue weighted by atomic mass is 19.4. The van der Waals surface area contributed by atoms with Crippen LogP contribution >= 0.6 is 0 Å². The highest BCUT2D eigenvalue weighted by molar-refractivity contribution is 5.69. The number of halogens is 9. The molecule has 0 aliphatic rings. The van der Waals surface area contributed by atoms with Gasteiger partial charge in [-0.05, 0) is 31.0 Å². The molecule has 10 heteroatoms. The second-order valence-corrected chi connectivity index (χ2v) is 5.91. The van der Waals surface area contributed by atoms with E-state index < -0.39 is 40.8 Å². The maximum Gasteiger partial charge on any atom is 0.457 e. The van der Waals surface area contributed by atoms with E-state index in [1.54, 1.807) is 0 Å². The summed E-state index contributed by atoms with van der Waals surface area (Å²) in [5.74, 6) is -7.19. The lowest BCUT2D eigenvalue weighted by atomic mass is 9.81. The highest BCUT2D eigenvalue weighted by Crippen LogP contribution is 2.60. The number of benzene rings is 1. The number of hydrogen-bond acceptors (Lipinski definition) is 1. The van der Waals surface area contributed by atoms with E-state index in [4.69, 9.17) is 4.42 Å². The molecule has 0 spiro atoms. The molecule has 1 aromatic carbocycles. The lowest BCUT2D eigenvalue weighted by Crippen LogP contribution is -2.60. The zero-order chi connectivity index (χ0) is 20.8. The van der Waals surface area contributed by atoms with E-state index in [0.29, 0.717) is 6.07 Å². The second-order valence-electron chi connectivity index (χ2n) is 5.91. The molecule has 2 aromatic rings. The third-order valence-electron chi connectivity index (χ3n) is 4.06. The van der Waals surface area contributed by atoms with Crippen LogP contribution in [0, 0.1) is 6.92 Å². The minimum Gasteiger partial charge on any atom is -0.464 e. The summed E-state index contributed by atoms with van der Waals surface area (Å²) in [5.41, 5.74) is -8.82. The molecule has 0 saturated heterocycles. The molecule has 0 bridgehead atoms. The quantitative estimate of drug-likeness (QED) is 0.515. The number of alkyl halides is 9. The van der Waals surface area contributed by atoms with Gasteiger partial charge in [-0.3, -0.25) is 0 Å². The molecule has 0 fully saturated rings. The van der Waals surface area contributed by atoms with Crippen LogP contribution in [0.1, 0.15) is 23.6 Å². The Kier molecular flexibility index (Phi) is 5.09. The van der Waals surface area contributed by atoms with Crippen molar-refractivity contribution in [1.29, 1.82) is 0 Å². The van der Waals surface area contributed by atoms with Crippen LogP contribution in [-0.2, 0) is 12.1 Å². The topological polar surface area (TPSA) is 13.1 Å². The summed E-state index contributed by atoms with van der Waals surface area (Å²) >= 11 is 0. The van der Waals surface area contributed by atoms with E-state index in [0.717, 1.165) is 19.3 Å². The van der Waals surface area contributed by atoms with Crippen LogP contribution in [0.5, 0.6) is 0 Å². The Labute approximate surface area is 147 Å². The molecule has 0 aliphatic carbocycles. The summed E-state index contributed by atoms with van der Waals surface area (Å²) in [6.07, 6.45) is -12.4. The lowest BCUT2D eigenvalue weighted by molar-refractivity contribution is -0.389. The maximum atomic E-state index is 15.0. The second kappa shape index (κ2) is 6.49. The van der Waals surface area contributed by atoms with Gasteiger partial charge in [0.15, 0.2) is 0 Å². The van der Waals surface area contributed by atoms with Gasteiger partial charge in [0.05, 0.1) is 6.26 Å².